The monoisotopic (exact) mass is 287 g/mol. The molecule has 2 rings (SSSR count). The lowest BCUT2D eigenvalue weighted by atomic mass is 9.89. The van der Waals surface area contributed by atoms with E-state index < -0.39 is 0 Å². The van der Waals surface area contributed by atoms with Gasteiger partial charge in [0.15, 0.2) is 0 Å². The molecule has 1 heterocycles. The Kier molecular flexibility index (Phi) is 5.38. The third-order valence-electron chi connectivity index (χ3n) is 4.05. The Labute approximate surface area is 127 Å². The summed E-state index contributed by atoms with van der Waals surface area (Å²) in [5.41, 5.74) is 4.32. The van der Waals surface area contributed by atoms with Crippen LogP contribution in [-0.4, -0.2) is 13.6 Å². The molecule has 0 radical (unpaired) electrons. The van der Waals surface area contributed by atoms with Crippen molar-refractivity contribution in [3.8, 4) is 11.1 Å². The summed E-state index contributed by atoms with van der Waals surface area (Å²) < 4.78 is 0. The van der Waals surface area contributed by atoms with Crippen LogP contribution in [0.1, 0.15) is 49.5 Å². The van der Waals surface area contributed by atoms with Crippen molar-refractivity contribution < 1.29 is 0 Å². The molecule has 0 aliphatic rings. The minimum absolute atomic E-state index is 0.556. The largest absolute Gasteiger partial charge is 0.319 e. The molecule has 1 nitrogen and oxygen atoms in total. The third kappa shape index (κ3) is 3.13. The maximum atomic E-state index is 3.29. The molecule has 1 aromatic heterocycles. The number of likely N-dealkylation sites (N-methyl/N-ethyl adjacent to an activating group) is 1. The molecule has 108 valence electrons. The van der Waals surface area contributed by atoms with E-state index in [-0.39, 0.29) is 0 Å². The van der Waals surface area contributed by atoms with Crippen LogP contribution < -0.4 is 5.32 Å². The van der Waals surface area contributed by atoms with Crippen LogP contribution in [0.25, 0.3) is 11.1 Å². The summed E-state index contributed by atoms with van der Waals surface area (Å²) in [6, 6.07) is 11.2. The lowest BCUT2D eigenvalue weighted by molar-refractivity contribution is 0.687. The van der Waals surface area contributed by atoms with Gasteiger partial charge in [0, 0.05) is 17.3 Å². The van der Waals surface area contributed by atoms with Crippen LogP contribution in [0, 0.1) is 0 Å². The van der Waals surface area contributed by atoms with Crippen LogP contribution in [0.15, 0.2) is 35.7 Å². The van der Waals surface area contributed by atoms with Crippen molar-refractivity contribution in [3.05, 3.63) is 46.2 Å². The van der Waals surface area contributed by atoms with Crippen LogP contribution in [0.4, 0.5) is 0 Å². The lowest BCUT2D eigenvalue weighted by Gasteiger charge is -2.17. The molecule has 0 saturated heterocycles. The van der Waals surface area contributed by atoms with Crippen molar-refractivity contribution in [1.29, 1.82) is 0 Å². The van der Waals surface area contributed by atoms with Crippen LogP contribution >= 0.6 is 11.3 Å². The zero-order chi connectivity index (χ0) is 14.5. The smallest absolute Gasteiger partial charge is 0.0164 e. The first-order chi connectivity index (χ1) is 9.69. The lowest BCUT2D eigenvalue weighted by Crippen LogP contribution is -2.14. The van der Waals surface area contributed by atoms with Crippen molar-refractivity contribution >= 4 is 11.3 Å². The number of benzene rings is 1. The second kappa shape index (κ2) is 7.05. The van der Waals surface area contributed by atoms with Gasteiger partial charge in [0.05, 0.1) is 0 Å². The summed E-state index contributed by atoms with van der Waals surface area (Å²) in [7, 11) is 2.02. The Morgan fingerprint density at radius 1 is 1.05 bits per heavy atom. The highest BCUT2D eigenvalue weighted by Gasteiger charge is 2.17. The zero-order valence-corrected chi connectivity index (χ0v) is 13.8. The van der Waals surface area contributed by atoms with E-state index in [9.17, 15) is 0 Å². The highest BCUT2D eigenvalue weighted by molar-refractivity contribution is 7.10. The molecule has 0 aliphatic carbocycles. The van der Waals surface area contributed by atoms with Crippen LogP contribution in [0.3, 0.4) is 0 Å². The molecule has 0 amide bonds. The maximum absolute atomic E-state index is 3.29. The normalized spacial score (nSPS) is 14.2. The third-order valence-corrected chi connectivity index (χ3v) is 5.20. The van der Waals surface area contributed by atoms with Crippen molar-refractivity contribution in [2.45, 2.75) is 39.0 Å². The average molecular weight is 287 g/mol. The molecule has 0 spiro atoms. The van der Waals surface area contributed by atoms with Gasteiger partial charge in [-0.15, -0.1) is 11.3 Å². The van der Waals surface area contributed by atoms with E-state index in [0.717, 1.165) is 6.54 Å². The summed E-state index contributed by atoms with van der Waals surface area (Å²) >= 11 is 1.88. The standard InChI is InChI=1S/C18H25NS/c1-5-13(2)15-8-6-7-9-16(15)17-10-11-20-18(17)14(3)12-19-4/h6-11,13-14,19H,5,12H2,1-4H3. The summed E-state index contributed by atoms with van der Waals surface area (Å²) in [4.78, 5) is 1.50. The van der Waals surface area contributed by atoms with Crippen molar-refractivity contribution in [3.63, 3.8) is 0 Å². The van der Waals surface area contributed by atoms with E-state index in [0.29, 0.717) is 11.8 Å². The molecule has 0 aliphatic heterocycles. The molecule has 0 saturated carbocycles. The molecule has 20 heavy (non-hydrogen) atoms. The van der Waals surface area contributed by atoms with Gasteiger partial charge in [-0.2, -0.15) is 0 Å². The molecule has 1 N–H and O–H groups in total. The Bertz CT molecular complexity index is 544. The number of hydrogen-bond donors (Lipinski definition) is 1. The second-order valence-corrected chi connectivity index (χ2v) is 6.50. The fraction of sp³-hybridized carbons (Fsp3) is 0.444. The topological polar surface area (TPSA) is 12.0 Å². The fourth-order valence-corrected chi connectivity index (χ4v) is 3.69. The quantitative estimate of drug-likeness (QED) is 0.765. The minimum atomic E-state index is 0.556. The van der Waals surface area contributed by atoms with Gasteiger partial charge in [0.1, 0.15) is 0 Å². The van der Waals surface area contributed by atoms with Gasteiger partial charge < -0.3 is 5.32 Å². The first-order valence-corrected chi connectivity index (χ1v) is 8.38. The average Bonchev–Trinajstić information content (AvgIpc) is 2.96. The zero-order valence-electron chi connectivity index (χ0n) is 12.9. The van der Waals surface area contributed by atoms with Crippen molar-refractivity contribution in [2.24, 2.45) is 0 Å². The highest BCUT2D eigenvalue weighted by Crippen LogP contribution is 2.38. The predicted octanol–water partition coefficient (Wildman–Crippen LogP) is 5.25. The van der Waals surface area contributed by atoms with E-state index >= 15 is 0 Å². The fourth-order valence-electron chi connectivity index (χ4n) is 2.72. The van der Waals surface area contributed by atoms with Gasteiger partial charge in [0.2, 0.25) is 0 Å². The Balaban J connectivity index is 2.45. The minimum Gasteiger partial charge on any atom is -0.319 e. The van der Waals surface area contributed by atoms with E-state index in [2.05, 4.69) is 61.8 Å². The number of thiophene rings is 1. The molecule has 2 unspecified atom stereocenters. The van der Waals surface area contributed by atoms with Crippen LogP contribution in [-0.2, 0) is 0 Å². The summed E-state index contributed by atoms with van der Waals surface area (Å²) in [6.07, 6.45) is 1.18. The summed E-state index contributed by atoms with van der Waals surface area (Å²) in [6.45, 7) is 7.91. The Morgan fingerprint density at radius 3 is 2.50 bits per heavy atom. The number of hydrogen-bond acceptors (Lipinski definition) is 2. The first kappa shape index (κ1) is 15.3. The molecule has 2 heteroatoms. The van der Waals surface area contributed by atoms with Gasteiger partial charge in [-0.1, -0.05) is 45.0 Å². The highest BCUT2D eigenvalue weighted by atomic mass is 32.1. The molecular weight excluding hydrogens is 262 g/mol. The molecule has 1 aromatic carbocycles. The van der Waals surface area contributed by atoms with Crippen LogP contribution in [0.5, 0.6) is 0 Å². The first-order valence-electron chi connectivity index (χ1n) is 7.50. The summed E-state index contributed by atoms with van der Waals surface area (Å²) in [5, 5.41) is 5.52. The molecule has 2 atom stereocenters. The maximum Gasteiger partial charge on any atom is 0.0164 e. The van der Waals surface area contributed by atoms with E-state index in [1.54, 1.807) is 0 Å². The SMILES string of the molecule is CCC(C)c1ccccc1-c1ccsc1C(C)CNC. The molecule has 2 aromatic rings. The van der Waals surface area contributed by atoms with E-state index in [1.807, 2.05) is 18.4 Å². The number of nitrogens with one attached hydrogen (secondary N) is 1. The van der Waals surface area contributed by atoms with Gasteiger partial charge >= 0.3 is 0 Å². The molecule has 0 bridgehead atoms. The molecule has 0 fully saturated rings. The van der Waals surface area contributed by atoms with E-state index in [4.69, 9.17) is 0 Å². The summed E-state index contributed by atoms with van der Waals surface area (Å²) in [5.74, 6) is 1.17. The second-order valence-electron chi connectivity index (χ2n) is 5.55. The Morgan fingerprint density at radius 2 is 1.80 bits per heavy atom. The van der Waals surface area contributed by atoms with Crippen molar-refractivity contribution in [2.75, 3.05) is 13.6 Å². The predicted molar refractivity (Wildman–Crippen MR) is 90.8 cm³/mol. The Hall–Kier alpha value is -1.12. The van der Waals surface area contributed by atoms with Gasteiger partial charge in [0.25, 0.3) is 0 Å². The van der Waals surface area contributed by atoms with Gasteiger partial charge in [-0.3, -0.25) is 0 Å². The number of rotatable bonds is 6. The van der Waals surface area contributed by atoms with Crippen molar-refractivity contribution in [1.82, 2.24) is 5.32 Å². The van der Waals surface area contributed by atoms with E-state index in [1.165, 1.54) is 28.0 Å². The molecular formula is C18H25NS. The van der Waals surface area contributed by atoms with Gasteiger partial charge in [-0.05, 0) is 47.5 Å². The van der Waals surface area contributed by atoms with Crippen LogP contribution in [0.2, 0.25) is 0 Å². The van der Waals surface area contributed by atoms with Gasteiger partial charge in [-0.25, -0.2) is 0 Å².